The number of methoxy groups -OCH3 is 1. The molecule has 1 N–H and O–H groups in total. The monoisotopic (exact) mass is 301 g/mol. The zero-order valence-corrected chi connectivity index (χ0v) is 12.6. The average Bonchev–Trinajstić information content (AvgIpc) is 2.48. The van der Waals surface area contributed by atoms with Crippen molar-refractivity contribution in [2.45, 2.75) is 6.92 Å². The summed E-state index contributed by atoms with van der Waals surface area (Å²) in [5, 5.41) is 3.47. The van der Waals surface area contributed by atoms with Gasteiger partial charge in [-0.05, 0) is 54.5 Å². The number of amides is 1. The van der Waals surface area contributed by atoms with Crippen LogP contribution in [0.5, 0.6) is 5.75 Å². The number of ether oxygens (including phenoxy) is 1. The van der Waals surface area contributed by atoms with Gasteiger partial charge in [-0.25, -0.2) is 0 Å². The summed E-state index contributed by atoms with van der Waals surface area (Å²) in [5.41, 5.74) is 2.57. The van der Waals surface area contributed by atoms with E-state index >= 15 is 0 Å². The summed E-state index contributed by atoms with van der Waals surface area (Å²) < 4.78 is 5.14. The second-order valence-electron chi connectivity index (χ2n) is 4.56. The Labute approximate surface area is 129 Å². The molecule has 0 atom stereocenters. The Bertz CT molecular complexity index is 680. The third kappa shape index (κ3) is 4.36. The molecular formula is C17H16ClNO2. The number of nitrogens with one attached hydrogen (secondary N) is 1. The molecule has 1 amide bonds. The molecule has 2 aromatic rings. The van der Waals surface area contributed by atoms with E-state index in [1.165, 1.54) is 6.08 Å². The first-order valence-electron chi connectivity index (χ1n) is 6.48. The molecular weight excluding hydrogens is 286 g/mol. The van der Waals surface area contributed by atoms with E-state index in [4.69, 9.17) is 16.3 Å². The molecule has 0 heterocycles. The highest BCUT2D eigenvalue weighted by Crippen LogP contribution is 2.19. The zero-order chi connectivity index (χ0) is 15.2. The summed E-state index contributed by atoms with van der Waals surface area (Å²) in [6.07, 6.45) is 3.23. The predicted octanol–water partition coefficient (Wildman–Crippen LogP) is 4.31. The van der Waals surface area contributed by atoms with Crippen LogP contribution in [-0.2, 0) is 4.79 Å². The minimum absolute atomic E-state index is 0.191. The fourth-order valence-electron chi connectivity index (χ4n) is 1.86. The van der Waals surface area contributed by atoms with Gasteiger partial charge in [0.2, 0.25) is 5.91 Å². The van der Waals surface area contributed by atoms with Crippen LogP contribution in [0.25, 0.3) is 6.08 Å². The Kier molecular flexibility index (Phi) is 5.01. The van der Waals surface area contributed by atoms with E-state index in [1.54, 1.807) is 25.3 Å². The van der Waals surface area contributed by atoms with Gasteiger partial charge in [-0.1, -0.05) is 23.7 Å². The highest BCUT2D eigenvalue weighted by molar-refractivity contribution is 6.30. The molecule has 0 radical (unpaired) electrons. The van der Waals surface area contributed by atoms with E-state index in [-0.39, 0.29) is 5.91 Å². The van der Waals surface area contributed by atoms with Gasteiger partial charge in [0.1, 0.15) is 5.75 Å². The Morgan fingerprint density at radius 1 is 1.24 bits per heavy atom. The number of benzene rings is 2. The van der Waals surface area contributed by atoms with Gasteiger partial charge in [-0.15, -0.1) is 0 Å². The van der Waals surface area contributed by atoms with E-state index in [0.717, 1.165) is 22.6 Å². The Morgan fingerprint density at radius 3 is 2.76 bits per heavy atom. The number of carbonyl (C=O) groups is 1. The quantitative estimate of drug-likeness (QED) is 0.855. The summed E-state index contributed by atoms with van der Waals surface area (Å²) in [5.74, 6) is 0.564. The summed E-state index contributed by atoms with van der Waals surface area (Å²) >= 11 is 5.88. The molecule has 0 bridgehead atoms. The summed E-state index contributed by atoms with van der Waals surface area (Å²) in [6, 6.07) is 12.8. The number of carbonyl (C=O) groups excluding carboxylic acids is 1. The van der Waals surface area contributed by atoms with Crippen molar-refractivity contribution in [1.82, 2.24) is 0 Å². The van der Waals surface area contributed by atoms with Crippen LogP contribution in [0.4, 0.5) is 5.69 Å². The second kappa shape index (κ2) is 6.95. The summed E-state index contributed by atoms with van der Waals surface area (Å²) in [4.78, 5) is 11.9. The zero-order valence-electron chi connectivity index (χ0n) is 11.9. The van der Waals surface area contributed by atoms with Crippen molar-refractivity contribution in [2.75, 3.05) is 12.4 Å². The molecule has 0 aliphatic carbocycles. The van der Waals surface area contributed by atoms with Crippen LogP contribution in [0.1, 0.15) is 11.1 Å². The van der Waals surface area contributed by atoms with Gasteiger partial charge in [0.25, 0.3) is 0 Å². The van der Waals surface area contributed by atoms with Crippen molar-refractivity contribution < 1.29 is 9.53 Å². The highest BCUT2D eigenvalue weighted by atomic mass is 35.5. The molecule has 0 aromatic heterocycles. The van der Waals surface area contributed by atoms with Gasteiger partial charge in [-0.2, -0.15) is 0 Å². The first kappa shape index (κ1) is 15.1. The van der Waals surface area contributed by atoms with Gasteiger partial charge in [0, 0.05) is 16.8 Å². The third-order valence-electron chi connectivity index (χ3n) is 2.97. The number of anilines is 1. The molecule has 2 rings (SSSR count). The molecule has 21 heavy (non-hydrogen) atoms. The molecule has 2 aromatic carbocycles. The van der Waals surface area contributed by atoms with E-state index in [9.17, 15) is 4.79 Å². The standard InChI is InChI=1S/C17H16ClNO2/c1-12-10-14(18)7-8-16(12)19-17(20)9-6-13-4-3-5-15(11-13)21-2/h3-11H,1-2H3,(H,19,20)/b9-6+. The fraction of sp³-hybridized carbons (Fsp3) is 0.118. The van der Waals surface area contributed by atoms with Crippen LogP contribution in [0, 0.1) is 6.92 Å². The maximum Gasteiger partial charge on any atom is 0.248 e. The second-order valence-corrected chi connectivity index (χ2v) is 4.99. The van der Waals surface area contributed by atoms with Crippen molar-refractivity contribution in [3.05, 3.63) is 64.7 Å². The lowest BCUT2D eigenvalue weighted by Crippen LogP contribution is -2.08. The first-order valence-corrected chi connectivity index (χ1v) is 6.85. The van der Waals surface area contributed by atoms with Gasteiger partial charge in [0.15, 0.2) is 0 Å². The third-order valence-corrected chi connectivity index (χ3v) is 3.20. The topological polar surface area (TPSA) is 38.3 Å². The molecule has 0 saturated heterocycles. The van der Waals surface area contributed by atoms with Crippen molar-refractivity contribution in [3.63, 3.8) is 0 Å². The Hall–Kier alpha value is -2.26. The van der Waals surface area contributed by atoms with Gasteiger partial charge in [-0.3, -0.25) is 4.79 Å². The van der Waals surface area contributed by atoms with Crippen LogP contribution in [0.15, 0.2) is 48.5 Å². The largest absolute Gasteiger partial charge is 0.497 e. The minimum atomic E-state index is -0.191. The lowest BCUT2D eigenvalue weighted by atomic mass is 10.2. The summed E-state index contributed by atoms with van der Waals surface area (Å²) in [6.45, 7) is 1.90. The normalized spacial score (nSPS) is 10.6. The SMILES string of the molecule is COc1cccc(/C=C/C(=O)Nc2ccc(Cl)cc2C)c1. The maximum atomic E-state index is 11.9. The van der Waals surface area contributed by atoms with E-state index in [0.29, 0.717) is 5.02 Å². The van der Waals surface area contributed by atoms with E-state index in [1.807, 2.05) is 37.3 Å². The van der Waals surface area contributed by atoms with Crippen LogP contribution < -0.4 is 10.1 Å². The predicted molar refractivity (Wildman–Crippen MR) is 86.8 cm³/mol. The number of hydrogen-bond donors (Lipinski definition) is 1. The molecule has 0 aliphatic rings. The maximum absolute atomic E-state index is 11.9. The first-order chi connectivity index (χ1) is 10.1. The lowest BCUT2D eigenvalue weighted by Gasteiger charge is -2.06. The summed E-state index contributed by atoms with van der Waals surface area (Å²) in [7, 11) is 1.61. The molecule has 0 saturated carbocycles. The number of halogens is 1. The van der Waals surface area contributed by atoms with Crippen molar-refractivity contribution in [3.8, 4) is 5.75 Å². The molecule has 0 aliphatic heterocycles. The van der Waals surface area contributed by atoms with Crippen LogP contribution in [0.2, 0.25) is 5.02 Å². The van der Waals surface area contributed by atoms with Gasteiger partial charge in [0.05, 0.1) is 7.11 Å². The van der Waals surface area contributed by atoms with Gasteiger partial charge < -0.3 is 10.1 Å². The molecule has 108 valence electrons. The molecule has 4 heteroatoms. The van der Waals surface area contributed by atoms with Crippen molar-refractivity contribution in [2.24, 2.45) is 0 Å². The van der Waals surface area contributed by atoms with Crippen molar-refractivity contribution >= 4 is 29.3 Å². The van der Waals surface area contributed by atoms with E-state index in [2.05, 4.69) is 5.32 Å². The van der Waals surface area contributed by atoms with Crippen LogP contribution in [0.3, 0.4) is 0 Å². The number of hydrogen-bond acceptors (Lipinski definition) is 2. The fourth-order valence-corrected chi connectivity index (χ4v) is 2.09. The smallest absolute Gasteiger partial charge is 0.248 e. The lowest BCUT2D eigenvalue weighted by molar-refractivity contribution is -0.111. The minimum Gasteiger partial charge on any atom is -0.497 e. The van der Waals surface area contributed by atoms with Crippen molar-refractivity contribution in [1.29, 1.82) is 0 Å². The van der Waals surface area contributed by atoms with Gasteiger partial charge >= 0.3 is 0 Å². The molecule has 0 spiro atoms. The molecule has 3 nitrogen and oxygen atoms in total. The number of rotatable bonds is 4. The Morgan fingerprint density at radius 2 is 2.05 bits per heavy atom. The highest BCUT2D eigenvalue weighted by Gasteiger charge is 2.02. The van der Waals surface area contributed by atoms with Crippen LogP contribution in [-0.4, -0.2) is 13.0 Å². The average molecular weight is 302 g/mol. The molecule has 0 fully saturated rings. The molecule has 0 unspecified atom stereocenters. The van der Waals surface area contributed by atoms with Crippen LogP contribution >= 0.6 is 11.6 Å². The Balaban J connectivity index is 2.05. The van der Waals surface area contributed by atoms with E-state index < -0.39 is 0 Å². The number of aryl methyl sites for hydroxylation is 1.